The molecule has 5 heteroatoms. The van der Waals surface area contributed by atoms with Crippen LogP contribution < -0.4 is 5.32 Å². The van der Waals surface area contributed by atoms with Gasteiger partial charge in [0.1, 0.15) is 0 Å². The summed E-state index contributed by atoms with van der Waals surface area (Å²) < 4.78 is 22.9. The van der Waals surface area contributed by atoms with E-state index in [4.69, 9.17) is 0 Å². The molecular formula is C14H18N2O2S. The Hall–Kier alpha value is -1.62. The number of hydrogen-bond donors (Lipinski definition) is 1. The highest BCUT2D eigenvalue weighted by atomic mass is 32.2. The molecule has 19 heavy (non-hydrogen) atoms. The van der Waals surface area contributed by atoms with Gasteiger partial charge in [0.2, 0.25) is 0 Å². The van der Waals surface area contributed by atoms with E-state index < -0.39 is 9.84 Å². The van der Waals surface area contributed by atoms with E-state index in [1.54, 1.807) is 6.92 Å². The highest BCUT2D eigenvalue weighted by Gasteiger charge is 2.08. The number of nitrogens with one attached hydrogen (secondary N) is 1. The molecule has 0 aliphatic rings. The SMILES string of the molecule is CCS(=O)(=O)CCNc1cc(C)nc2ccccc12. The first-order valence-electron chi connectivity index (χ1n) is 6.32. The van der Waals surface area contributed by atoms with Crippen LogP contribution in [-0.2, 0) is 9.84 Å². The molecule has 1 heterocycles. The zero-order valence-corrected chi connectivity index (χ0v) is 12.0. The second-order valence-corrected chi connectivity index (χ2v) is 6.96. The Bertz CT molecular complexity index is 681. The highest BCUT2D eigenvalue weighted by molar-refractivity contribution is 7.91. The van der Waals surface area contributed by atoms with Crippen molar-refractivity contribution in [3.8, 4) is 0 Å². The van der Waals surface area contributed by atoms with E-state index in [-0.39, 0.29) is 11.5 Å². The molecule has 0 unspecified atom stereocenters. The minimum Gasteiger partial charge on any atom is -0.383 e. The quantitative estimate of drug-likeness (QED) is 0.912. The maximum Gasteiger partial charge on any atom is 0.151 e. The minimum absolute atomic E-state index is 0.152. The molecule has 0 saturated heterocycles. The number of rotatable bonds is 5. The van der Waals surface area contributed by atoms with Crippen LogP contribution in [0.1, 0.15) is 12.6 Å². The second-order valence-electron chi connectivity index (χ2n) is 4.49. The Balaban J connectivity index is 2.21. The van der Waals surface area contributed by atoms with Crippen molar-refractivity contribution in [2.24, 2.45) is 0 Å². The standard InChI is InChI=1S/C14H18N2O2S/c1-3-19(17,18)9-8-15-14-10-11(2)16-13-7-5-4-6-12(13)14/h4-7,10H,3,8-9H2,1-2H3,(H,15,16). The van der Waals surface area contributed by atoms with Crippen molar-refractivity contribution in [3.63, 3.8) is 0 Å². The zero-order chi connectivity index (χ0) is 13.9. The van der Waals surface area contributed by atoms with E-state index in [1.165, 1.54) is 0 Å². The molecule has 0 fully saturated rings. The van der Waals surface area contributed by atoms with Crippen LogP contribution in [-0.4, -0.2) is 31.5 Å². The van der Waals surface area contributed by atoms with Crippen molar-refractivity contribution in [2.75, 3.05) is 23.4 Å². The number of pyridine rings is 1. The van der Waals surface area contributed by atoms with Crippen LogP contribution in [0.25, 0.3) is 10.9 Å². The normalized spacial score (nSPS) is 11.7. The van der Waals surface area contributed by atoms with Gasteiger partial charge in [-0.1, -0.05) is 25.1 Å². The average molecular weight is 278 g/mol. The zero-order valence-electron chi connectivity index (χ0n) is 11.2. The molecule has 1 aromatic carbocycles. The van der Waals surface area contributed by atoms with Crippen molar-refractivity contribution in [2.45, 2.75) is 13.8 Å². The number of aromatic nitrogens is 1. The first-order valence-corrected chi connectivity index (χ1v) is 8.14. The van der Waals surface area contributed by atoms with Gasteiger partial charge < -0.3 is 5.32 Å². The number of para-hydroxylation sites is 1. The monoisotopic (exact) mass is 278 g/mol. The molecule has 0 saturated carbocycles. The molecule has 0 amide bonds. The molecular weight excluding hydrogens is 260 g/mol. The van der Waals surface area contributed by atoms with Crippen molar-refractivity contribution in [1.29, 1.82) is 0 Å². The van der Waals surface area contributed by atoms with E-state index in [9.17, 15) is 8.42 Å². The van der Waals surface area contributed by atoms with Crippen LogP contribution in [0.3, 0.4) is 0 Å². The summed E-state index contributed by atoms with van der Waals surface area (Å²) in [6, 6.07) is 9.78. The first kappa shape index (κ1) is 13.8. The van der Waals surface area contributed by atoms with Crippen LogP contribution in [0, 0.1) is 6.92 Å². The van der Waals surface area contributed by atoms with Gasteiger partial charge in [0.15, 0.2) is 9.84 Å². The molecule has 102 valence electrons. The maximum atomic E-state index is 11.5. The minimum atomic E-state index is -2.93. The molecule has 0 atom stereocenters. The number of hydrogen-bond acceptors (Lipinski definition) is 4. The van der Waals surface area contributed by atoms with Gasteiger partial charge in [0.05, 0.1) is 11.3 Å². The van der Waals surface area contributed by atoms with Gasteiger partial charge in [-0.15, -0.1) is 0 Å². The van der Waals surface area contributed by atoms with Crippen LogP contribution in [0.4, 0.5) is 5.69 Å². The summed E-state index contributed by atoms with van der Waals surface area (Å²) in [4.78, 5) is 4.45. The van der Waals surface area contributed by atoms with Gasteiger partial charge in [-0.25, -0.2) is 8.42 Å². The molecule has 1 N–H and O–H groups in total. The molecule has 4 nitrogen and oxygen atoms in total. The van der Waals surface area contributed by atoms with Gasteiger partial charge >= 0.3 is 0 Å². The summed E-state index contributed by atoms with van der Waals surface area (Å²) in [7, 11) is -2.93. The lowest BCUT2D eigenvalue weighted by Crippen LogP contribution is -2.17. The van der Waals surface area contributed by atoms with Crippen LogP contribution >= 0.6 is 0 Å². The van der Waals surface area contributed by atoms with Crippen LogP contribution in [0.5, 0.6) is 0 Å². The lowest BCUT2D eigenvalue weighted by atomic mass is 10.1. The smallest absolute Gasteiger partial charge is 0.151 e. The Morgan fingerprint density at radius 3 is 2.74 bits per heavy atom. The van der Waals surface area contributed by atoms with Gasteiger partial charge in [0, 0.05) is 29.1 Å². The number of fused-ring (bicyclic) bond motifs is 1. The van der Waals surface area contributed by atoms with Gasteiger partial charge in [-0.2, -0.15) is 0 Å². The largest absolute Gasteiger partial charge is 0.383 e. The molecule has 2 rings (SSSR count). The van der Waals surface area contributed by atoms with Crippen molar-refractivity contribution < 1.29 is 8.42 Å². The second kappa shape index (κ2) is 5.57. The number of aryl methyl sites for hydroxylation is 1. The number of anilines is 1. The van der Waals surface area contributed by atoms with E-state index in [0.717, 1.165) is 22.3 Å². The summed E-state index contributed by atoms with van der Waals surface area (Å²) in [6.45, 7) is 4.02. The maximum absolute atomic E-state index is 11.5. The van der Waals surface area contributed by atoms with E-state index >= 15 is 0 Å². The predicted octanol–water partition coefficient (Wildman–Crippen LogP) is 2.39. The van der Waals surface area contributed by atoms with Crippen LogP contribution in [0.15, 0.2) is 30.3 Å². The highest BCUT2D eigenvalue weighted by Crippen LogP contribution is 2.22. The molecule has 1 aromatic heterocycles. The molecule has 0 spiro atoms. The topological polar surface area (TPSA) is 59.1 Å². The number of sulfone groups is 1. The Morgan fingerprint density at radius 2 is 2.00 bits per heavy atom. The third-order valence-electron chi connectivity index (χ3n) is 3.01. The van der Waals surface area contributed by atoms with Crippen molar-refractivity contribution in [1.82, 2.24) is 4.98 Å². The lowest BCUT2D eigenvalue weighted by Gasteiger charge is -2.10. The fourth-order valence-electron chi connectivity index (χ4n) is 1.94. The van der Waals surface area contributed by atoms with Gasteiger partial charge in [-0.05, 0) is 19.1 Å². The summed E-state index contributed by atoms with van der Waals surface area (Å²) >= 11 is 0. The third kappa shape index (κ3) is 3.44. The van der Waals surface area contributed by atoms with E-state index in [1.807, 2.05) is 37.3 Å². The van der Waals surface area contributed by atoms with Crippen LogP contribution in [0.2, 0.25) is 0 Å². The predicted molar refractivity (Wildman–Crippen MR) is 79.3 cm³/mol. The average Bonchev–Trinajstić information content (AvgIpc) is 2.38. The van der Waals surface area contributed by atoms with E-state index in [2.05, 4.69) is 10.3 Å². The number of benzene rings is 1. The van der Waals surface area contributed by atoms with Gasteiger partial charge in [-0.3, -0.25) is 4.98 Å². The Morgan fingerprint density at radius 1 is 1.26 bits per heavy atom. The van der Waals surface area contributed by atoms with Crippen molar-refractivity contribution >= 4 is 26.4 Å². The number of nitrogens with zero attached hydrogens (tertiary/aromatic N) is 1. The summed E-state index contributed by atoms with van der Waals surface area (Å²) in [5.74, 6) is 0.337. The first-order chi connectivity index (χ1) is 9.02. The Kier molecular flexibility index (Phi) is 4.04. The third-order valence-corrected chi connectivity index (χ3v) is 4.72. The lowest BCUT2D eigenvalue weighted by molar-refractivity contribution is 0.597. The Labute approximate surface area is 113 Å². The molecule has 0 bridgehead atoms. The van der Waals surface area contributed by atoms with Gasteiger partial charge in [0.25, 0.3) is 0 Å². The fraction of sp³-hybridized carbons (Fsp3) is 0.357. The van der Waals surface area contributed by atoms with E-state index in [0.29, 0.717) is 6.54 Å². The summed E-state index contributed by atoms with van der Waals surface area (Å²) in [5, 5.41) is 4.22. The molecule has 2 aromatic rings. The molecule has 0 aliphatic carbocycles. The van der Waals surface area contributed by atoms with Crippen molar-refractivity contribution in [3.05, 3.63) is 36.0 Å². The summed E-state index contributed by atoms with van der Waals surface area (Å²) in [6.07, 6.45) is 0. The fourth-order valence-corrected chi connectivity index (χ4v) is 2.64. The summed E-state index contributed by atoms with van der Waals surface area (Å²) in [5.41, 5.74) is 2.78. The molecule has 0 aliphatic heterocycles. The molecule has 0 radical (unpaired) electrons.